The predicted molar refractivity (Wildman–Crippen MR) is 329 cm³/mol. The molecule has 77 heavy (non-hydrogen) atoms. The van der Waals surface area contributed by atoms with E-state index in [1.165, 1.54) is 43.5 Å². The Balaban J connectivity index is 1.09. The first-order valence-electron chi connectivity index (χ1n) is 26.6. The van der Waals surface area contributed by atoms with Gasteiger partial charge in [-0.05, 0) is 134 Å². The van der Waals surface area contributed by atoms with Gasteiger partial charge >= 0.3 is 0 Å². The Morgan fingerprint density at radius 3 is 1.12 bits per heavy atom. The maximum Gasteiger partial charge on any atom is 0.146 e. The van der Waals surface area contributed by atoms with E-state index in [0.717, 1.165) is 99.5 Å². The summed E-state index contributed by atoms with van der Waals surface area (Å²) in [7, 11) is 0. The van der Waals surface area contributed by atoms with Gasteiger partial charge in [-0.3, -0.25) is 0 Å². The maximum atomic E-state index is 7.35. The van der Waals surface area contributed by atoms with Crippen molar-refractivity contribution in [2.75, 3.05) is 9.80 Å². The lowest BCUT2D eigenvalue weighted by atomic mass is 9.87. The molecule has 0 bridgehead atoms. The van der Waals surface area contributed by atoms with Gasteiger partial charge in [0.05, 0.1) is 22.1 Å². The van der Waals surface area contributed by atoms with Crippen LogP contribution in [0.2, 0.25) is 0 Å². The van der Waals surface area contributed by atoms with Gasteiger partial charge in [-0.2, -0.15) is 0 Å². The van der Waals surface area contributed by atoms with Gasteiger partial charge in [-0.1, -0.05) is 187 Å². The summed E-state index contributed by atoms with van der Waals surface area (Å²) in [4.78, 5) is 4.86. The first kappa shape index (κ1) is 46.6. The molecule has 5 heteroatoms. The Morgan fingerprint density at radius 2 is 0.688 bits per heavy atom. The molecule has 0 aliphatic carbocycles. The van der Waals surface area contributed by atoms with Crippen LogP contribution >= 0.6 is 11.3 Å². The van der Waals surface area contributed by atoms with Gasteiger partial charge in [-0.25, -0.2) is 0 Å². The van der Waals surface area contributed by atoms with E-state index >= 15 is 0 Å². The lowest BCUT2D eigenvalue weighted by Gasteiger charge is -2.29. The molecule has 0 radical (unpaired) electrons. The predicted octanol–water partition coefficient (Wildman–Crippen LogP) is 21.9. The zero-order valence-corrected chi connectivity index (χ0v) is 44.9. The number of hydrogen-bond acceptors (Lipinski definition) is 5. The second-order valence-corrected chi connectivity index (χ2v) is 23.4. The number of rotatable bonds is 8. The molecule has 11 aromatic carbocycles. The third-order valence-electron chi connectivity index (χ3n) is 15.6. The van der Waals surface area contributed by atoms with Gasteiger partial charge in [-0.15, -0.1) is 11.3 Å². The first-order valence-corrected chi connectivity index (χ1v) is 27.5. The van der Waals surface area contributed by atoms with Crippen LogP contribution in [0.1, 0.15) is 52.7 Å². The minimum absolute atomic E-state index is 0.00767. The van der Waals surface area contributed by atoms with Crippen molar-refractivity contribution in [1.82, 2.24) is 0 Å². The fourth-order valence-electron chi connectivity index (χ4n) is 11.7. The molecule has 4 nitrogen and oxygen atoms in total. The average molecular weight is 1010 g/mol. The van der Waals surface area contributed by atoms with Crippen LogP contribution in [0.3, 0.4) is 0 Å². The third kappa shape index (κ3) is 7.79. The number of hydrogen-bond donors (Lipinski definition) is 0. The summed E-state index contributed by atoms with van der Waals surface area (Å²) in [5.41, 5.74) is 16.9. The topological polar surface area (TPSA) is 32.8 Å². The number of nitrogens with zero attached hydrogens (tertiary/aromatic N) is 2. The second-order valence-electron chi connectivity index (χ2n) is 22.5. The normalized spacial score (nSPS) is 12.3. The molecule has 0 fully saturated rings. The summed E-state index contributed by atoms with van der Waals surface area (Å²) in [6, 6.07) is 81.7. The van der Waals surface area contributed by atoms with E-state index in [1.54, 1.807) is 11.3 Å². The van der Waals surface area contributed by atoms with Crippen molar-refractivity contribution in [2.24, 2.45) is 0 Å². The van der Waals surface area contributed by atoms with E-state index < -0.39 is 0 Å². The summed E-state index contributed by atoms with van der Waals surface area (Å²) in [6.45, 7) is 13.6. The molecule has 0 saturated carbocycles. The van der Waals surface area contributed by atoms with Crippen molar-refractivity contribution in [1.29, 1.82) is 0 Å². The lowest BCUT2D eigenvalue weighted by Crippen LogP contribution is -2.13. The molecule has 3 heterocycles. The van der Waals surface area contributed by atoms with Crippen LogP contribution in [-0.4, -0.2) is 0 Å². The number of fused-ring (bicyclic) bond motifs is 14. The summed E-state index contributed by atoms with van der Waals surface area (Å²) < 4.78 is 15.9. The van der Waals surface area contributed by atoms with Gasteiger partial charge < -0.3 is 18.6 Å². The van der Waals surface area contributed by atoms with Crippen LogP contribution in [0.5, 0.6) is 0 Å². The van der Waals surface area contributed by atoms with Crippen LogP contribution < -0.4 is 9.80 Å². The van der Waals surface area contributed by atoms with Crippen molar-refractivity contribution in [3.05, 3.63) is 241 Å². The number of benzene rings is 11. The van der Waals surface area contributed by atoms with E-state index in [1.807, 2.05) is 0 Å². The molecule has 372 valence electrons. The van der Waals surface area contributed by atoms with Crippen molar-refractivity contribution < 1.29 is 8.83 Å². The van der Waals surface area contributed by atoms with E-state index in [2.05, 4.69) is 281 Å². The van der Waals surface area contributed by atoms with Gasteiger partial charge in [0.1, 0.15) is 22.3 Å². The van der Waals surface area contributed by atoms with Crippen molar-refractivity contribution in [2.45, 2.75) is 52.4 Å². The molecule has 14 aromatic rings. The number of furan rings is 2. The Morgan fingerprint density at radius 1 is 0.325 bits per heavy atom. The highest BCUT2D eigenvalue weighted by molar-refractivity contribution is 7.18. The smallest absolute Gasteiger partial charge is 0.146 e. The third-order valence-corrected chi connectivity index (χ3v) is 16.6. The lowest BCUT2D eigenvalue weighted by molar-refractivity contribution is 0.590. The minimum Gasteiger partial charge on any atom is -0.455 e. The van der Waals surface area contributed by atoms with E-state index in [4.69, 9.17) is 8.83 Å². The standard InChI is InChI=1S/C72H56N2O2S/c1-71(2,3)49-29-37-53(38-30-49)73(51-33-25-47(26-34-51)45-17-9-7-10-18-45)60-43-58-55-41-42-77-70(55)59-44-61(74(54-39-31-50(32-40-54)72(4,5)6)52-35-27-48(28-36-52)46-19-11-8-12-20-46)65-57-22-14-16-24-63(57)76-69(65)67(59)66(58)68-64(60)56-21-13-15-23-62(56)75-68/h7-44H,1-6H3. The monoisotopic (exact) mass is 1010 g/mol. The molecule has 14 rings (SSSR count). The van der Waals surface area contributed by atoms with Crippen LogP contribution in [0.15, 0.2) is 239 Å². The SMILES string of the molecule is CC(C)(C)c1ccc(N(c2ccc(-c3ccccc3)cc2)c2cc3c4ccsc4c4cc(N(c5ccc(-c6ccccc6)cc5)c5ccc(C(C)(C)C)cc5)c5c6ccccc6oc5c4c3c3oc4ccccc4c23)cc1. The van der Waals surface area contributed by atoms with Gasteiger partial charge in [0, 0.05) is 59.8 Å². The zero-order chi connectivity index (χ0) is 52.2. The molecule has 0 atom stereocenters. The summed E-state index contributed by atoms with van der Waals surface area (Å²) in [5, 5.41) is 11.9. The summed E-state index contributed by atoms with van der Waals surface area (Å²) >= 11 is 1.78. The minimum atomic E-state index is -0.00789. The average Bonchev–Trinajstić information content (AvgIpc) is 4.37. The fourth-order valence-corrected chi connectivity index (χ4v) is 12.6. The van der Waals surface area contributed by atoms with Crippen molar-refractivity contribution >= 4 is 121 Å². The molecule has 0 aliphatic rings. The van der Waals surface area contributed by atoms with E-state index in [-0.39, 0.29) is 10.8 Å². The van der Waals surface area contributed by atoms with Gasteiger partial charge in [0.2, 0.25) is 0 Å². The molecule has 0 unspecified atom stereocenters. The quantitative estimate of drug-likeness (QED) is 0.142. The van der Waals surface area contributed by atoms with Gasteiger partial charge in [0.25, 0.3) is 0 Å². The van der Waals surface area contributed by atoms with Gasteiger partial charge in [0.15, 0.2) is 0 Å². The Bertz CT molecular complexity index is 4240. The summed E-state index contributed by atoms with van der Waals surface area (Å²) in [6.07, 6.45) is 0. The molecular formula is C72H56N2O2S. The van der Waals surface area contributed by atoms with Crippen LogP contribution in [-0.2, 0) is 10.8 Å². The summed E-state index contributed by atoms with van der Waals surface area (Å²) in [5.74, 6) is 0. The van der Waals surface area contributed by atoms with Crippen LogP contribution in [0, 0.1) is 0 Å². The van der Waals surface area contributed by atoms with Crippen molar-refractivity contribution in [3.8, 4) is 22.3 Å². The molecule has 0 amide bonds. The molecule has 0 spiro atoms. The number of para-hydroxylation sites is 2. The molecule has 0 saturated heterocycles. The number of anilines is 6. The maximum absolute atomic E-state index is 7.35. The highest BCUT2D eigenvalue weighted by Gasteiger charge is 2.30. The Kier molecular flexibility index (Phi) is 10.8. The Hall–Kier alpha value is -8.90. The fraction of sp³-hybridized carbons (Fsp3) is 0.111. The Labute approximate surface area is 452 Å². The van der Waals surface area contributed by atoms with E-state index in [9.17, 15) is 0 Å². The van der Waals surface area contributed by atoms with Crippen molar-refractivity contribution in [3.63, 3.8) is 0 Å². The van der Waals surface area contributed by atoms with Crippen LogP contribution in [0.4, 0.5) is 34.1 Å². The molecule has 0 aliphatic heterocycles. The highest BCUT2D eigenvalue weighted by atomic mass is 32.1. The first-order chi connectivity index (χ1) is 37.5. The zero-order valence-electron chi connectivity index (χ0n) is 44.1. The van der Waals surface area contributed by atoms with E-state index in [0.29, 0.717) is 0 Å². The largest absolute Gasteiger partial charge is 0.455 e. The highest BCUT2D eigenvalue weighted by Crippen LogP contribution is 2.55. The number of thiophene rings is 1. The molecule has 3 aromatic heterocycles. The molecule has 0 N–H and O–H groups in total. The second kappa shape index (κ2) is 17.9. The van der Waals surface area contributed by atoms with Crippen LogP contribution in [0.25, 0.3) is 97.8 Å². The molecular weight excluding hydrogens is 957 g/mol.